The molecule has 1 aromatic heterocycles. The molecule has 150 valence electrons. The number of hydrogen-bond acceptors (Lipinski definition) is 2. The fourth-order valence-electron chi connectivity index (χ4n) is 4.08. The molecule has 2 aliphatic rings. The molecule has 4 rings (SSSR count). The second kappa shape index (κ2) is 7.57. The molecule has 2 N–H and O–H groups in total. The number of hydrogen-bond donors (Lipinski definition) is 2. The lowest BCUT2D eigenvalue weighted by Crippen LogP contribution is -2.47. The van der Waals surface area contributed by atoms with Crippen LogP contribution in [-0.4, -0.2) is 35.4 Å². The molecule has 1 saturated carbocycles. The molecule has 28 heavy (non-hydrogen) atoms. The van der Waals surface area contributed by atoms with Crippen LogP contribution in [0.2, 0.25) is 0 Å². The maximum atomic E-state index is 13.6. The number of halogens is 1. The van der Waals surface area contributed by atoms with Crippen LogP contribution >= 0.6 is 0 Å². The van der Waals surface area contributed by atoms with Crippen LogP contribution in [0.15, 0.2) is 35.5 Å². The summed E-state index contributed by atoms with van der Waals surface area (Å²) in [6, 6.07) is 7.72. The van der Waals surface area contributed by atoms with Gasteiger partial charge in [0.15, 0.2) is 5.96 Å². The summed E-state index contributed by atoms with van der Waals surface area (Å²) in [4.78, 5) is 4.41. The van der Waals surface area contributed by atoms with Crippen molar-refractivity contribution >= 4 is 5.96 Å². The molecule has 0 saturated heterocycles. The molecule has 1 unspecified atom stereocenters. The zero-order chi connectivity index (χ0) is 19.7. The Morgan fingerprint density at radius 1 is 1.39 bits per heavy atom. The molecule has 0 amide bonds. The predicted octanol–water partition coefficient (Wildman–Crippen LogP) is 3.36. The van der Waals surface area contributed by atoms with Gasteiger partial charge in [0.1, 0.15) is 5.82 Å². The minimum atomic E-state index is -0.162. The number of nitrogens with one attached hydrogen (secondary N) is 2. The molecule has 1 atom stereocenters. The molecule has 5 nitrogen and oxygen atoms in total. The minimum absolute atomic E-state index is 0.0372. The highest BCUT2D eigenvalue weighted by Crippen LogP contribution is 2.47. The van der Waals surface area contributed by atoms with E-state index in [0.717, 1.165) is 50.2 Å². The largest absolute Gasteiger partial charge is 0.356 e. The van der Waals surface area contributed by atoms with Gasteiger partial charge in [-0.25, -0.2) is 4.39 Å². The van der Waals surface area contributed by atoms with E-state index in [-0.39, 0.29) is 11.2 Å². The van der Waals surface area contributed by atoms with Gasteiger partial charge in [-0.3, -0.25) is 9.67 Å². The second-order valence-corrected chi connectivity index (χ2v) is 8.48. The summed E-state index contributed by atoms with van der Waals surface area (Å²) in [6.07, 6.45) is 7.40. The molecular formula is C22H30FN5. The van der Waals surface area contributed by atoms with E-state index in [1.54, 1.807) is 19.2 Å². The second-order valence-electron chi connectivity index (χ2n) is 8.48. The van der Waals surface area contributed by atoms with E-state index in [1.165, 1.54) is 17.3 Å². The number of aromatic nitrogens is 2. The first-order chi connectivity index (χ1) is 13.5. The van der Waals surface area contributed by atoms with Crippen LogP contribution < -0.4 is 10.6 Å². The van der Waals surface area contributed by atoms with Gasteiger partial charge in [-0.2, -0.15) is 5.10 Å². The first-order valence-electron chi connectivity index (χ1n) is 10.3. The van der Waals surface area contributed by atoms with Crippen LogP contribution in [0.4, 0.5) is 4.39 Å². The van der Waals surface area contributed by atoms with Gasteiger partial charge in [-0.1, -0.05) is 12.1 Å². The molecule has 1 heterocycles. The highest BCUT2D eigenvalue weighted by Gasteiger charge is 2.44. The number of nitrogens with zero attached hydrogens (tertiary/aromatic N) is 3. The Bertz CT molecular complexity index is 866. The van der Waals surface area contributed by atoms with Gasteiger partial charge in [0.25, 0.3) is 0 Å². The van der Waals surface area contributed by atoms with Gasteiger partial charge in [0, 0.05) is 43.7 Å². The van der Waals surface area contributed by atoms with Crippen LogP contribution in [0.25, 0.3) is 0 Å². The first kappa shape index (κ1) is 19.0. The summed E-state index contributed by atoms with van der Waals surface area (Å²) in [5.74, 6) is 0.657. The summed E-state index contributed by atoms with van der Waals surface area (Å²) in [5.41, 5.74) is 3.69. The van der Waals surface area contributed by atoms with Crippen molar-refractivity contribution in [2.45, 2.75) is 63.5 Å². The Kier molecular flexibility index (Phi) is 5.13. The van der Waals surface area contributed by atoms with E-state index in [9.17, 15) is 4.39 Å². The average molecular weight is 384 g/mol. The summed E-state index contributed by atoms with van der Waals surface area (Å²) in [7, 11) is 1.80. The fraction of sp³-hybridized carbons (Fsp3) is 0.545. The predicted molar refractivity (Wildman–Crippen MR) is 110 cm³/mol. The first-order valence-corrected chi connectivity index (χ1v) is 10.3. The molecule has 1 fully saturated rings. The van der Waals surface area contributed by atoms with Gasteiger partial charge < -0.3 is 10.6 Å². The van der Waals surface area contributed by atoms with Crippen molar-refractivity contribution in [1.29, 1.82) is 0 Å². The lowest BCUT2D eigenvalue weighted by atomic mass is 9.94. The van der Waals surface area contributed by atoms with E-state index in [4.69, 9.17) is 5.10 Å². The van der Waals surface area contributed by atoms with Crippen molar-refractivity contribution in [2.75, 3.05) is 13.6 Å². The van der Waals surface area contributed by atoms with E-state index >= 15 is 0 Å². The third-order valence-corrected chi connectivity index (χ3v) is 6.08. The quantitative estimate of drug-likeness (QED) is 0.615. The van der Waals surface area contributed by atoms with E-state index in [2.05, 4.69) is 40.4 Å². The summed E-state index contributed by atoms with van der Waals surface area (Å²) < 4.78 is 15.7. The number of benzene rings is 1. The molecule has 0 spiro atoms. The van der Waals surface area contributed by atoms with E-state index in [1.807, 2.05) is 6.07 Å². The maximum Gasteiger partial charge on any atom is 0.191 e. The Labute approximate surface area is 166 Å². The molecule has 0 bridgehead atoms. The van der Waals surface area contributed by atoms with Gasteiger partial charge in [-0.15, -0.1) is 0 Å². The molecule has 2 aromatic rings. The summed E-state index contributed by atoms with van der Waals surface area (Å²) >= 11 is 0. The standard InChI is InChI=1S/C22H30FN5/c1-15(2)28-13-16-7-8-19(12-20(16)27-28)26-21(24-3)25-14-22(9-10-22)17-5-4-6-18(23)11-17/h4-6,11,13,15,19H,7-10,12,14H2,1-3H3,(H2,24,25,26). The number of aliphatic imine (C=N–C) groups is 1. The zero-order valence-corrected chi connectivity index (χ0v) is 17.0. The van der Waals surface area contributed by atoms with Crippen LogP contribution in [0.3, 0.4) is 0 Å². The van der Waals surface area contributed by atoms with Crippen molar-refractivity contribution < 1.29 is 4.39 Å². The third kappa shape index (κ3) is 3.91. The lowest BCUT2D eigenvalue weighted by Gasteiger charge is -2.26. The van der Waals surface area contributed by atoms with E-state index < -0.39 is 0 Å². The monoisotopic (exact) mass is 383 g/mol. The maximum absolute atomic E-state index is 13.6. The smallest absolute Gasteiger partial charge is 0.191 e. The number of fused-ring (bicyclic) bond motifs is 1. The van der Waals surface area contributed by atoms with Crippen LogP contribution in [0, 0.1) is 5.82 Å². The van der Waals surface area contributed by atoms with Crippen LogP contribution in [-0.2, 0) is 18.3 Å². The topological polar surface area (TPSA) is 54.2 Å². The lowest BCUT2D eigenvalue weighted by molar-refractivity contribution is 0.497. The van der Waals surface area contributed by atoms with Gasteiger partial charge in [0.2, 0.25) is 0 Å². The van der Waals surface area contributed by atoms with Crippen molar-refractivity contribution in [2.24, 2.45) is 4.99 Å². The average Bonchev–Trinajstić information content (AvgIpc) is 3.35. The number of aryl methyl sites for hydroxylation is 1. The SMILES string of the molecule is CN=C(NCC1(c2cccc(F)c2)CC1)NC1CCc2cn(C(C)C)nc2C1. The van der Waals surface area contributed by atoms with E-state index in [0.29, 0.717) is 12.1 Å². The number of rotatable bonds is 5. The van der Waals surface area contributed by atoms with Crippen molar-refractivity contribution in [3.05, 3.63) is 53.1 Å². The van der Waals surface area contributed by atoms with Crippen LogP contribution in [0.5, 0.6) is 0 Å². The number of guanidine groups is 1. The van der Waals surface area contributed by atoms with Crippen molar-refractivity contribution in [3.8, 4) is 0 Å². The highest BCUT2D eigenvalue weighted by molar-refractivity contribution is 5.80. The Morgan fingerprint density at radius 2 is 2.21 bits per heavy atom. The van der Waals surface area contributed by atoms with Gasteiger partial charge in [0.05, 0.1) is 5.69 Å². The Hall–Kier alpha value is -2.37. The zero-order valence-electron chi connectivity index (χ0n) is 17.0. The molecule has 1 aromatic carbocycles. The molecule has 2 aliphatic carbocycles. The third-order valence-electron chi connectivity index (χ3n) is 6.08. The molecular weight excluding hydrogens is 353 g/mol. The van der Waals surface area contributed by atoms with Gasteiger partial charge in [-0.05, 0) is 62.8 Å². The summed E-state index contributed by atoms with van der Waals surface area (Å²) in [5, 5.41) is 11.8. The van der Waals surface area contributed by atoms with Gasteiger partial charge >= 0.3 is 0 Å². The molecule has 0 aliphatic heterocycles. The molecule has 6 heteroatoms. The summed E-state index contributed by atoms with van der Waals surface area (Å²) in [6.45, 7) is 5.09. The van der Waals surface area contributed by atoms with Crippen molar-refractivity contribution in [3.63, 3.8) is 0 Å². The Morgan fingerprint density at radius 3 is 2.89 bits per heavy atom. The fourth-order valence-corrected chi connectivity index (χ4v) is 4.08. The minimum Gasteiger partial charge on any atom is -0.356 e. The normalized spacial score (nSPS) is 20.8. The van der Waals surface area contributed by atoms with Crippen molar-refractivity contribution in [1.82, 2.24) is 20.4 Å². The van der Waals surface area contributed by atoms with Crippen LogP contribution in [0.1, 0.15) is 56.0 Å². The highest BCUT2D eigenvalue weighted by atomic mass is 19.1. The Balaban J connectivity index is 1.35. The molecule has 0 radical (unpaired) electrons.